The third kappa shape index (κ3) is 4.96. The maximum atomic E-state index is 14.0. The highest BCUT2D eigenvalue weighted by atomic mass is 79.9. The lowest BCUT2D eigenvalue weighted by atomic mass is 9.89. The number of aromatic nitrogens is 2. The molecular weight excluding hydrogens is 500 g/mol. The van der Waals surface area contributed by atoms with Crippen LogP contribution in [-0.4, -0.2) is 9.55 Å². The van der Waals surface area contributed by atoms with E-state index in [2.05, 4.69) is 46.0 Å². The van der Waals surface area contributed by atoms with Gasteiger partial charge in [0.05, 0.1) is 6.04 Å². The van der Waals surface area contributed by atoms with Crippen molar-refractivity contribution in [1.82, 2.24) is 9.55 Å². The van der Waals surface area contributed by atoms with Crippen LogP contribution < -0.4 is 11.2 Å². The predicted molar refractivity (Wildman–Crippen MR) is 144 cm³/mol. The van der Waals surface area contributed by atoms with Crippen molar-refractivity contribution in [2.45, 2.75) is 45.1 Å². The van der Waals surface area contributed by atoms with Crippen molar-refractivity contribution in [3.63, 3.8) is 0 Å². The lowest BCUT2D eigenvalue weighted by Gasteiger charge is -2.22. The minimum Gasteiger partial charge on any atom is -0.311 e. The molecule has 5 rings (SSSR count). The molecule has 1 aromatic heterocycles. The van der Waals surface area contributed by atoms with Gasteiger partial charge in [0.2, 0.25) is 0 Å². The van der Waals surface area contributed by atoms with Crippen LogP contribution in [0, 0.1) is 12.8 Å². The summed E-state index contributed by atoms with van der Waals surface area (Å²) in [5.74, 6) is 0.357. The highest BCUT2D eigenvalue weighted by Gasteiger charge is 2.26. The van der Waals surface area contributed by atoms with Crippen LogP contribution in [-0.2, 0) is 19.3 Å². The van der Waals surface area contributed by atoms with Crippen LogP contribution in [0.25, 0.3) is 0 Å². The van der Waals surface area contributed by atoms with Crippen molar-refractivity contribution in [2.75, 3.05) is 0 Å². The first-order valence-electron chi connectivity index (χ1n) is 12.2. The van der Waals surface area contributed by atoms with E-state index >= 15 is 0 Å². The molecule has 5 heteroatoms. The summed E-state index contributed by atoms with van der Waals surface area (Å²) in [7, 11) is 0. The number of nitrogens with one attached hydrogen (secondary N) is 1. The van der Waals surface area contributed by atoms with Crippen molar-refractivity contribution >= 4 is 15.9 Å². The quantitative estimate of drug-likeness (QED) is 0.324. The molecule has 35 heavy (non-hydrogen) atoms. The average molecular weight is 529 g/mol. The van der Waals surface area contributed by atoms with Crippen molar-refractivity contribution < 1.29 is 0 Å². The SMILES string of the molecule is Cc1cc(Br)ccc1CC1CCCc2[nH]c(=O)n(C(c3ccccc3)c3ccccc3)c(=O)c2C1. The maximum absolute atomic E-state index is 14.0. The van der Waals surface area contributed by atoms with E-state index < -0.39 is 6.04 Å². The Morgan fingerprint density at radius 2 is 1.63 bits per heavy atom. The Kier molecular flexibility index (Phi) is 6.87. The number of hydrogen-bond donors (Lipinski definition) is 1. The molecule has 4 nitrogen and oxygen atoms in total. The van der Waals surface area contributed by atoms with Crippen LogP contribution in [0.4, 0.5) is 0 Å². The van der Waals surface area contributed by atoms with Gasteiger partial charge in [-0.1, -0.05) is 82.7 Å². The van der Waals surface area contributed by atoms with E-state index in [1.807, 2.05) is 60.7 Å². The van der Waals surface area contributed by atoms with Crippen LogP contribution in [0.5, 0.6) is 0 Å². The second kappa shape index (κ2) is 10.2. The minimum atomic E-state index is -0.477. The summed E-state index contributed by atoms with van der Waals surface area (Å²) >= 11 is 3.55. The van der Waals surface area contributed by atoms with Gasteiger partial charge in [0, 0.05) is 15.7 Å². The molecule has 1 N–H and O–H groups in total. The smallest absolute Gasteiger partial charge is 0.311 e. The zero-order chi connectivity index (χ0) is 24.4. The van der Waals surface area contributed by atoms with E-state index in [4.69, 9.17) is 0 Å². The van der Waals surface area contributed by atoms with Gasteiger partial charge in [-0.2, -0.15) is 0 Å². The summed E-state index contributed by atoms with van der Waals surface area (Å²) in [6.45, 7) is 2.14. The molecule has 0 spiro atoms. The number of hydrogen-bond acceptors (Lipinski definition) is 2. The molecule has 1 atom stereocenters. The van der Waals surface area contributed by atoms with Gasteiger partial charge in [-0.3, -0.25) is 4.79 Å². The number of rotatable bonds is 5. The second-order valence-electron chi connectivity index (χ2n) is 9.52. The average Bonchev–Trinajstić information content (AvgIpc) is 3.06. The molecule has 0 fully saturated rings. The van der Waals surface area contributed by atoms with E-state index in [1.54, 1.807) is 0 Å². The third-order valence-corrected chi connectivity index (χ3v) is 7.65. The van der Waals surface area contributed by atoms with Crippen molar-refractivity contribution in [2.24, 2.45) is 5.92 Å². The molecule has 0 amide bonds. The standard InChI is InChI=1S/C30H29BrN2O2/c1-20-17-25(31)16-15-24(20)18-21-9-8-14-27-26(19-21)29(34)33(30(35)32-27)28(22-10-4-2-5-11-22)23-12-6-3-7-13-23/h2-7,10-13,15-17,21,28H,8-9,14,18-19H2,1H3,(H,32,35). The molecule has 1 aliphatic carbocycles. The first-order valence-corrected chi connectivity index (χ1v) is 13.0. The summed E-state index contributed by atoms with van der Waals surface area (Å²) in [5.41, 5.74) is 5.48. The van der Waals surface area contributed by atoms with Gasteiger partial charge in [0.25, 0.3) is 5.56 Å². The lowest BCUT2D eigenvalue weighted by Crippen LogP contribution is -2.42. The van der Waals surface area contributed by atoms with E-state index in [9.17, 15) is 9.59 Å². The zero-order valence-electron chi connectivity index (χ0n) is 19.8. The first-order chi connectivity index (χ1) is 17.0. The number of H-pyrrole nitrogens is 1. The van der Waals surface area contributed by atoms with Gasteiger partial charge in [0.15, 0.2) is 0 Å². The van der Waals surface area contributed by atoms with Crippen molar-refractivity contribution in [3.05, 3.63) is 138 Å². The molecule has 178 valence electrons. The summed E-state index contributed by atoms with van der Waals surface area (Å²) in [5, 5.41) is 0. The summed E-state index contributed by atoms with van der Waals surface area (Å²) in [6, 6.07) is 25.5. The Balaban J connectivity index is 1.58. The number of nitrogens with zero attached hydrogens (tertiary/aromatic N) is 1. The van der Waals surface area contributed by atoms with E-state index in [0.717, 1.165) is 52.5 Å². The summed E-state index contributed by atoms with van der Waals surface area (Å²) in [4.78, 5) is 30.5. The largest absolute Gasteiger partial charge is 0.329 e. The van der Waals surface area contributed by atoms with Crippen LogP contribution >= 0.6 is 15.9 Å². The Bertz CT molecular complexity index is 1400. The molecule has 0 saturated heterocycles. The predicted octanol–water partition coefficient (Wildman–Crippen LogP) is 5.98. The zero-order valence-corrected chi connectivity index (χ0v) is 21.4. The fourth-order valence-corrected chi connectivity index (χ4v) is 5.86. The Labute approximate surface area is 213 Å². The van der Waals surface area contributed by atoms with Gasteiger partial charge >= 0.3 is 5.69 Å². The molecule has 1 unspecified atom stereocenters. The Morgan fingerprint density at radius 1 is 0.971 bits per heavy atom. The van der Waals surface area contributed by atoms with Crippen LogP contribution in [0.3, 0.4) is 0 Å². The second-order valence-corrected chi connectivity index (χ2v) is 10.4. The molecule has 3 aromatic carbocycles. The number of aryl methyl sites for hydroxylation is 2. The molecule has 1 aliphatic rings. The van der Waals surface area contributed by atoms with Crippen LogP contribution in [0.15, 0.2) is 92.9 Å². The topological polar surface area (TPSA) is 54.9 Å². The third-order valence-electron chi connectivity index (χ3n) is 7.15. The number of benzene rings is 3. The number of halogens is 1. The lowest BCUT2D eigenvalue weighted by molar-refractivity contribution is 0.474. The van der Waals surface area contributed by atoms with Crippen molar-refractivity contribution in [3.8, 4) is 0 Å². The number of fused-ring (bicyclic) bond motifs is 1. The monoisotopic (exact) mass is 528 g/mol. The van der Waals surface area contributed by atoms with E-state index in [0.29, 0.717) is 12.3 Å². The van der Waals surface area contributed by atoms with Gasteiger partial charge in [0.1, 0.15) is 0 Å². The van der Waals surface area contributed by atoms with Gasteiger partial charge in [-0.15, -0.1) is 0 Å². The first kappa shape index (κ1) is 23.6. The molecule has 4 aromatic rings. The molecule has 0 radical (unpaired) electrons. The molecule has 0 saturated carbocycles. The van der Waals surface area contributed by atoms with E-state index in [-0.39, 0.29) is 11.2 Å². The Hall–Kier alpha value is -3.18. The fraction of sp³-hybridized carbons (Fsp3) is 0.267. The van der Waals surface area contributed by atoms with Gasteiger partial charge < -0.3 is 4.98 Å². The van der Waals surface area contributed by atoms with E-state index in [1.165, 1.54) is 15.7 Å². The molecule has 0 bridgehead atoms. The minimum absolute atomic E-state index is 0.166. The molecule has 0 aliphatic heterocycles. The Morgan fingerprint density at radius 3 is 2.26 bits per heavy atom. The maximum Gasteiger partial charge on any atom is 0.329 e. The highest BCUT2D eigenvalue weighted by Crippen LogP contribution is 2.28. The summed E-state index contributed by atoms with van der Waals surface area (Å²) < 4.78 is 2.51. The normalized spacial score (nSPS) is 15.6. The van der Waals surface area contributed by atoms with Gasteiger partial charge in [-0.05, 0) is 79.3 Å². The molecule has 1 heterocycles. The van der Waals surface area contributed by atoms with Crippen molar-refractivity contribution in [1.29, 1.82) is 0 Å². The van der Waals surface area contributed by atoms with Crippen LogP contribution in [0.2, 0.25) is 0 Å². The van der Waals surface area contributed by atoms with Crippen LogP contribution in [0.1, 0.15) is 52.4 Å². The summed E-state index contributed by atoms with van der Waals surface area (Å²) in [6.07, 6.45) is 4.34. The fourth-order valence-electron chi connectivity index (χ4n) is 5.38. The van der Waals surface area contributed by atoms with Gasteiger partial charge in [-0.25, -0.2) is 9.36 Å². The highest BCUT2D eigenvalue weighted by molar-refractivity contribution is 9.10. The number of aromatic amines is 1. The molecular formula is C30H29BrN2O2.